The predicted octanol–water partition coefficient (Wildman–Crippen LogP) is 1.96. The Bertz CT molecular complexity index is 589. The molecule has 1 amide bonds. The van der Waals surface area contributed by atoms with Gasteiger partial charge in [-0.1, -0.05) is 43.6 Å². The van der Waals surface area contributed by atoms with E-state index in [0.717, 1.165) is 5.56 Å². The fraction of sp³-hybridized carbons (Fsp3) is 0.562. The van der Waals surface area contributed by atoms with E-state index < -0.39 is 17.1 Å². The Morgan fingerprint density at radius 2 is 2.00 bits per heavy atom. The molecule has 4 nitrogen and oxygen atoms in total. The van der Waals surface area contributed by atoms with Crippen LogP contribution in [0.3, 0.4) is 0 Å². The largest absolute Gasteiger partial charge is 0.389 e. The Morgan fingerprint density at radius 1 is 1.38 bits per heavy atom. The third-order valence-electron chi connectivity index (χ3n) is 5.18. The highest BCUT2D eigenvalue weighted by Crippen LogP contribution is 2.60. The summed E-state index contributed by atoms with van der Waals surface area (Å²) < 4.78 is 0. The van der Waals surface area contributed by atoms with Crippen LogP contribution >= 0.6 is 11.6 Å². The van der Waals surface area contributed by atoms with Crippen molar-refractivity contribution in [3.8, 4) is 0 Å². The zero-order chi connectivity index (χ0) is 15.4. The van der Waals surface area contributed by atoms with E-state index in [1.54, 1.807) is 11.0 Å². The van der Waals surface area contributed by atoms with Crippen molar-refractivity contribution in [2.24, 2.45) is 5.41 Å². The Hall–Kier alpha value is -1.10. The quantitative estimate of drug-likeness (QED) is 0.897. The van der Waals surface area contributed by atoms with E-state index in [1.807, 2.05) is 32.0 Å². The van der Waals surface area contributed by atoms with E-state index in [0.29, 0.717) is 24.4 Å². The van der Waals surface area contributed by atoms with Crippen LogP contribution in [0.25, 0.3) is 0 Å². The molecular formula is C16H20ClNO3. The Labute approximate surface area is 129 Å². The van der Waals surface area contributed by atoms with Crippen molar-refractivity contribution < 1.29 is 15.0 Å². The first kappa shape index (κ1) is 14.8. The lowest BCUT2D eigenvalue weighted by atomic mass is 9.97. The van der Waals surface area contributed by atoms with E-state index in [2.05, 4.69) is 0 Å². The van der Waals surface area contributed by atoms with Crippen LogP contribution in [0.5, 0.6) is 0 Å². The highest BCUT2D eigenvalue weighted by atomic mass is 35.5. The molecule has 1 aromatic rings. The van der Waals surface area contributed by atoms with E-state index in [4.69, 9.17) is 11.6 Å². The molecule has 5 heteroatoms. The summed E-state index contributed by atoms with van der Waals surface area (Å²) in [6, 6.07) is 7.03. The number of carbonyl (C=O) groups is 1. The third kappa shape index (κ3) is 2.00. The van der Waals surface area contributed by atoms with Gasteiger partial charge in [-0.15, -0.1) is 0 Å². The third-order valence-corrected chi connectivity index (χ3v) is 5.55. The Balaban J connectivity index is 1.87. The number of likely N-dealkylation sites (tertiary alicyclic amines) is 1. The van der Waals surface area contributed by atoms with Gasteiger partial charge in [0.15, 0.2) is 0 Å². The average Bonchev–Trinajstić information content (AvgIpc) is 2.75. The standard InChI is InChI=1S/C16H20ClNO3/c1-15(2)14(20)16(15,21)12-7-8-13(19)18(12)9-10-5-3-4-6-11(10)17/h3-6,12,14,20-21H,7-9H2,1-2H3/t12-,14?,16+/m0/s1. The van der Waals surface area contributed by atoms with Crippen molar-refractivity contribution in [2.45, 2.75) is 51.0 Å². The van der Waals surface area contributed by atoms with Crippen LogP contribution in [-0.4, -0.2) is 38.8 Å². The summed E-state index contributed by atoms with van der Waals surface area (Å²) >= 11 is 6.16. The van der Waals surface area contributed by atoms with Crippen molar-refractivity contribution in [1.82, 2.24) is 4.90 Å². The van der Waals surface area contributed by atoms with Gasteiger partial charge in [0.25, 0.3) is 0 Å². The van der Waals surface area contributed by atoms with Crippen molar-refractivity contribution in [3.05, 3.63) is 34.9 Å². The molecule has 2 fully saturated rings. The number of hydrogen-bond acceptors (Lipinski definition) is 3. The topological polar surface area (TPSA) is 60.8 Å². The number of nitrogens with zero attached hydrogens (tertiary/aromatic N) is 1. The van der Waals surface area contributed by atoms with Crippen LogP contribution in [0.2, 0.25) is 5.02 Å². The highest BCUT2D eigenvalue weighted by Gasteiger charge is 2.75. The van der Waals surface area contributed by atoms with Gasteiger partial charge in [0.2, 0.25) is 5.91 Å². The second-order valence-electron chi connectivity index (χ2n) is 6.62. The Kier molecular flexibility index (Phi) is 3.32. The van der Waals surface area contributed by atoms with Gasteiger partial charge in [-0.3, -0.25) is 4.79 Å². The molecule has 114 valence electrons. The number of aliphatic hydroxyl groups is 2. The summed E-state index contributed by atoms with van der Waals surface area (Å²) in [5.74, 6) is 0.00300. The number of halogens is 1. The molecule has 2 N–H and O–H groups in total. The molecule has 1 saturated carbocycles. The molecule has 3 rings (SSSR count). The minimum atomic E-state index is -1.22. The molecule has 1 saturated heterocycles. The first-order valence-electron chi connectivity index (χ1n) is 7.23. The molecule has 3 atom stereocenters. The van der Waals surface area contributed by atoms with Gasteiger partial charge in [0, 0.05) is 23.4 Å². The van der Waals surface area contributed by atoms with Gasteiger partial charge in [0.1, 0.15) is 5.60 Å². The molecule has 1 aliphatic heterocycles. The number of carbonyl (C=O) groups excluding carboxylic acids is 1. The molecule has 0 aromatic heterocycles. The molecule has 1 aliphatic carbocycles. The summed E-state index contributed by atoms with van der Waals surface area (Å²) in [6.45, 7) is 4.02. The predicted molar refractivity (Wildman–Crippen MR) is 79.8 cm³/mol. The second kappa shape index (κ2) is 4.70. The monoisotopic (exact) mass is 309 g/mol. The van der Waals surface area contributed by atoms with Gasteiger partial charge in [-0.2, -0.15) is 0 Å². The van der Waals surface area contributed by atoms with E-state index in [-0.39, 0.29) is 11.9 Å². The van der Waals surface area contributed by atoms with Crippen LogP contribution in [-0.2, 0) is 11.3 Å². The van der Waals surface area contributed by atoms with Crippen LogP contribution in [0.1, 0.15) is 32.3 Å². The van der Waals surface area contributed by atoms with Crippen molar-refractivity contribution in [2.75, 3.05) is 0 Å². The van der Waals surface area contributed by atoms with E-state index >= 15 is 0 Å². The van der Waals surface area contributed by atoms with Crippen LogP contribution in [0.4, 0.5) is 0 Å². The normalized spacial score (nSPS) is 34.3. The number of rotatable bonds is 3. The van der Waals surface area contributed by atoms with E-state index in [1.165, 1.54) is 0 Å². The molecule has 2 aliphatic rings. The summed E-state index contributed by atoms with van der Waals surface area (Å²) in [5.41, 5.74) is -0.947. The molecule has 0 radical (unpaired) electrons. The van der Waals surface area contributed by atoms with Gasteiger partial charge in [-0.25, -0.2) is 0 Å². The minimum Gasteiger partial charge on any atom is -0.389 e. The molecule has 21 heavy (non-hydrogen) atoms. The molecule has 0 spiro atoms. The fourth-order valence-electron chi connectivity index (χ4n) is 3.56. The average molecular weight is 310 g/mol. The lowest BCUT2D eigenvalue weighted by Crippen LogP contribution is -2.45. The first-order chi connectivity index (χ1) is 9.80. The minimum absolute atomic E-state index is 0.00300. The van der Waals surface area contributed by atoms with Crippen molar-refractivity contribution in [1.29, 1.82) is 0 Å². The van der Waals surface area contributed by atoms with Crippen molar-refractivity contribution >= 4 is 17.5 Å². The smallest absolute Gasteiger partial charge is 0.223 e. The summed E-state index contributed by atoms with van der Waals surface area (Å²) in [6.07, 6.45) is 0.176. The van der Waals surface area contributed by atoms with Gasteiger partial charge in [-0.05, 0) is 18.1 Å². The molecule has 0 bridgehead atoms. The van der Waals surface area contributed by atoms with Crippen LogP contribution in [0.15, 0.2) is 24.3 Å². The molecule has 1 unspecified atom stereocenters. The zero-order valence-electron chi connectivity index (χ0n) is 12.2. The van der Waals surface area contributed by atoms with Crippen LogP contribution in [0, 0.1) is 5.41 Å². The molecule has 1 aromatic carbocycles. The Morgan fingerprint density at radius 3 is 2.57 bits per heavy atom. The maximum absolute atomic E-state index is 12.2. The fourth-order valence-corrected chi connectivity index (χ4v) is 3.75. The van der Waals surface area contributed by atoms with Crippen LogP contribution < -0.4 is 0 Å². The molecular weight excluding hydrogens is 290 g/mol. The number of hydrogen-bond donors (Lipinski definition) is 2. The van der Waals surface area contributed by atoms with Gasteiger partial charge in [0.05, 0.1) is 12.1 Å². The number of aliphatic hydroxyl groups excluding tert-OH is 1. The van der Waals surface area contributed by atoms with Gasteiger partial charge >= 0.3 is 0 Å². The summed E-state index contributed by atoms with van der Waals surface area (Å²) in [5, 5.41) is 21.5. The maximum Gasteiger partial charge on any atom is 0.223 e. The summed E-state index contributed by atoms with van der Waals surface area (Å²) in [4.78, 5) is 13.8. The first-order valence-corrected chi connectivity index (χ1v) is 7.61. The zero-order valence-corrected chi connectivity index (χ0v) is 13.0. The van der Waals surface area contributed by atoms with E-state index in [9.17, 15) is 15.0 Å². The maximum atomic E-state index is 12.2. The SMILES string of the molecule is CC1(C)C(O)[C@]1(O)[C@@H]1CCC(=O)N1Cc1ccccc1Cl. The number of benzene rings is 1. The second-order valence-corrected chi connectivity index (χ2v) is 7.02. The highest BCUT2D eigenvalue weighted by molar-refractivity contribution is 6.31. The van der Waals surface area contributed by atoms with Crippen molar-refractivity contribution in [3.63, 3.8) is 0 Å². The lowest BCUT2D eigenvalue weighted by Gasteiger charge is -2.31. The number of amides is 1. The van der Waals surface area contributed by atoms with Gasteiger partial charge < -0.3 is 15.1 Å². The summed E-state index contributed by atoms with van der Waals surface area (Å²) in [7, 11) is 0. The molecule has 1 heterocycles. The lowest BCUT2D eigenvalue weighted by molar-refractivity contribution is -0.132.